The van der Waals surface area contributed by atoms with E-state index in [1.54, 1.807) is 12.1 Å². The summed E-state index contributed by atoms with van der Waals surface area (Å²) in [4.78, 5) is 8.40. The molecule has 3 N–H and O–H groups in total. The third-order valence-corrected chi connectivity index (χ3v) is 6.27. The van der Waals surface area contributed by atoms with Gasteiger partial charge in [0.1, 0.15) is 17.5 Å². The van der Waals surface area contributed by atoms with Gasteiger partial charge >= 0.3 is 12.4 Å². The first kappa shape index (κ1) is 25.2. The first-order valence-corrected chi connectivity index (χ1v) is 11.3. The van der Waals surface area contributed by atoms with E-state index in [0.717, 1.165) is 17.0 Å². The summed E-state index contributed by atoms with van der Waals surface area (Å²) in [6.45, 7) is 0.917. The number of H-pyrrole nitrogens is 1. The third kappa shape index (κ3) is 5.03. The first-order chi connectivity index (χ1) is 17.3. The molecule has 0 radical (unpaired) electrons. The predicted molar refractivity (Wildman–Crippen MR) is 124 cm³/mol. The number of aromatic amines is 1. The van der Waals surface area contributed by atoms with Gasteiger partial charge in [0.15, 0.2) is 5.72 Å². The van der Waals surface area contributed by atoms with E-state index in [1.807, 2.05) is 0 Å². The molecule has 2 aromatic heterocycles. The maximum Gasteiger partial charge on any atom is 0.416 e. The number of nitrogens with zero attached hydrogens (tertiary/aromatic N) is 2. The lowest BCUT2D eigenvalue weighted by atomic mass is 9.96. The number of fused-ring (bicyclic) bond motifs is 1. The van der Waals surface area contributed by atoms with Gasteiger partial charge in [-0.1, -0.05) is 12.1 Å². The molecule has 1 saturated heterocycles. The van der Waals surface area contributed by atoms with Crippen LogP contribution in [0.2, 0.25) is 0 Å². The minimum absolute atomic E-state index is 0.0397. The number of morpholine rings is 1. The Morgan fingerprint density at radius 1 is 1.14 bits per heavy atom. The lowest BCUT2D eigenvalue weighted by Crippen LogP contribution is -2.57. The summed E-state index contributed by atoms with van der Waals surface area (Å²) in [5.74, 6) is 0.0757. The fourth-order valence-corrected chi connectivity index (χ4v) is 4.59. The summed E-state index contributed by atoms with van der Waals surface area (Å²) in [6.07, 6.45) is -4.62. The van der Waals surface area contributed by atoms with Crippen molar-refractivity contribution in [3.8, 4) is 11.3 Å². The summed E-state index contributed by atoms with van der Waals surface area (Å²) < 4.78 is 85.8. The zero-order valence-corrected chi connectivity index (χ0v) is 19.4. The topological polar surface area (TPSA) is 73.4 Å². The number of aromatic nitrogens is 2. The average molecular weight is 524 g/mol. The molecule has 6 nitrogen and oxygen atoms in total. The normalized spacial score (nSPS) is 23.0. The highest BCUT2D eigenvalue weighted by Crippen LogP contribution is 2.37. The standard InChI is InChI=1S/C25H22F6N4O2/c1-23(36)12-15(10-21(34-23)35-7-8-37-13-20(35)25(29,30)31)17-5-6-32-22-18(17)11-19(33-22)14-3-2-4-16(9-14)24(26,27)28/h2-6,9-12,20,34,36H,7-8,13H2,1H3,(H,32,33). The Morgan fingerprint density at radius 2 is 1.92 bits per heavy atom. The molecule has 37 heavy (non-hydrogen) atoms. The van der Waals surface area contributed by atoms with Crippen LogP contribution in [0.25, 0.3) is 27.9 Å². The van der Waals surface area contributed by atoms with Crippen LogP contribution in [0.5, 0.6) is 0 Å². The fourth-order valence-electron chi connectivity index (χ4n) is 4.59. The maximum absolute atomic E-state index is 13.7. The number of hydrogen-bond donors (Lipinski definition) is 3. The average Bonchev–Trinajstić information content (AvgIpc) is 3.27. The molecule has 2 aliphatic heterocycles. The summed E-state index contributed by atoms with van der Waals surface area (Å²) in [7, 11) is 0. The zero-order valence-electron chi connectivity index (χ0n) is 19.4. The number of dihydropyridines is 1. The number of nitrogens with one attached hydrogen (secondary N) is 2. The van der Waals surface area contributed by atoms with Crippen molar-refractivity contribution in [1.29, 1.82) is 0 Å². The van der Waals surface area contributed by atoms with Gasteiger partial charge in [0.2, 0.25) is 0 Å². The van der Waals surface area contributed by atoms with Crippen molar-refractivity contribution in [2.45, 2.75) is 31.0 Å². The largest absolute Gasteiger partial charge is 0.416 e. The van der Waals surface area contributed by atoms with Crippen LogP contribution in [0.15, 0.2) is 60.6 Å². The molecule has 1 fully saturated rings. The Hall–Kier alpha value is -3.51. The molecule has 0 spiro atoms. The van der Waals surface area contributed by atoms with E-state index in [4.69, 9.17) is 4.74 Å². The van der Waals surface area contributed by atoms with Crippen LogP contribution >= 0.6 is 0 Å². The van der Waals surface area contributed by atoms with Crippen LogP contribution in [-0.4, -0.2) is 57.7 Å². The number of rotatable bonds is 3. The molecule has 5 rings (SSSR count). The van der Waals surface area contributed by atoms with E-state index in [-0.39, 0.29) is 19.0 Å². The van der Waals surface area contributed by atoms with E-state index < -0.39 is 36.3 Å². The molecule has 196 valence electrons. The molecule has 12 heteroatoms. The van der Waals surface area contributed by atoms with Crippen molar-refractivity contribution in [2.75, 3.05) is 19.8 Å². The molecule has 2 unspecified atom stereocenters. The molecule has 2 aliphatic rings. The van der Waals surface area contributed by atoms with Crippen LogP contribution in [0.4, 0.5) is 26.3 Å². The molecular formula is C25H22F6N4O2. The van der Waals surface area contributed by atoms with Crippen molar-refractivity contribution in [1.82, 2.24) is 20.2 Å². The van der Waals surface area contributed by atoms with Gasteiger partial charge in [-0.25, -0.2) is 4.98 Å². The van der Waals surface area contributed by atoms with Crippen LogP contribution < -0.4 is 5.32 Å². The van der Waals surface area contributed by atoms with Crippen LogP contribution in [0.1, 0.15) is 18.1 Å². The molecule has 2 atom stereocenters. The number of ether oxygens (including phenoxy) is 1. The summed E-state index contributed by atoms with van der Waals surface area (Å²) in [5, 5.41) is 14.1. The smallest absolute Gasteiger partial charge is 0.377 e. The number of allylic oxidation sites excluding steroid dienone is 2. The highest BCUT2D eigenvalue weighted by molar-refractivity contribution is 5.96. The summed E-state index contributed by atoms with van der Waals surface area (Å²) >= 11 is 0. The van der Waals surface area contributed by atoms with Crippen LogP contribution in [-0.2, 0) is 10.9 Å². The minimum atomic E-state index is -4.56. The van der Waals surface area contributed by atoms with E-state index in [2.05, 4.69) is 15.3 Å². The van der Waals surface area contributed by atoms with Gasteiger partial charge < -0.3 is 25.0 Å². The second-order valence-corrected chi connectivity index (χ2v) is 9.11. The van der Waals surface area contributed by atoms with E-state index in [1.165, 1.54) is 37.4 Å². The number of pyridine rings is 1. The zero-order chi connectivity index (χ0) is 26.6. The van der Waals surface area contributed by atoms with E-state index in [0.29, 0.717) is 33.4 Å². The van der Waals surface area contributed by atoms with Gasteiger partial charge in [0, 0.05) is 23.8 Å². The van der Waals surface area contributed by atoms with Crippen LogP contribution in [0.3, 0.4) is 0 Å². The molecule has 0 aliphatic carbocycles. The van der Waals surface area contributed by atoms with Gasteiger partial charge in [-0.3, -0.25) is 0 Å². The van der Waals surface area contributed by atoms with E-state index >= 15 is 0 Å². The molecule has 1 aromatic carbocycles. The van der Waals surface area contributed by atoms with Crippen molar-refractivity contribution in [3.05, 3.63) is 71.7 Å². The highest BCUT2D eigenvalue weighted by Gasteiger charge is 2.47. The van der Waals surface area contributed by atoms with Crippen LogP contribution in [0, 0.1) is 0 Å². The predicted octanol–water partition coefficient (Wildman–Crippen LogP) is 5.05. The molecule has 4 heterocycles. The number of hydrogen-bond acceptors (Lipinski definition) is 5. The second-order valence-electron chi connectivity index (χ2n) is 9.11. The Labute approximate surface area is 207 Å². The molecule has 0 bridgehead atoms. The number of benzene rings is 1. The lowest BCUT2D eigenvalue weighted by molar-refractivity contribution is -0.207. The monoisotopic (exact) mass is 524 g/mol. The van der Waals surface area contributed by atoms with Gasteiger partial charge in [0.25, 0.3) is 0 Å². The highest BCUT2D eigenvalue weighted by atomic mass is 19.4. The SMILES string of the molecule is CC1(O)C=C(c2ccnc3[nH]c(-c4cccc(C(F)(F)F)c4)cc23)C=C(N2CCOCC2C(F)(F)F)N1. The third-order valence-electron chi connectivity index (χ3n) is 6.27. The first-order valence-electron chi connectivity index (χ1n) is 11.3. The Bertz CT molecular complexity index is 1390. The van der Waals surface area contributed by atoms with E-state index in [9.17, 15) is 31.4 Å². The van der Waals surface area contributed by atoms with Crippen molar-refractivity contribution in [2.24, 2.45) is 0 Å². The minimum Gasteiger partial charge on any atom is -0.377 e. The second kappa shape index (κ2) is 8.80. The van der Waals surface area contributed by atoms with Crippen molar-refractivity contribution < 1.29 is 36.2 Å². The van der Waals surface area contributed by atoms with Gasteiger partial charge in [0.05, 0.1) is 18.8 Å². The Kier molecular flexibility index (Phi) is 5.99. The van der Waals surface area contributed by atoms with Gasteiger partial charge in [-0.2, -0.15) is 26.3 Å². The summed E-state index contributed by atoms with van der Waals surface area (Å²) in [5.41, 5.74) is -0.461. The van der Waals surface area contributed by atoms with Crippen molar-refractivity contribution >= 4 is 16.6 Å². The Balaban J connectivity index is 1.58. The maximum atomic E-state index is 13.7. The number of aliphatic hydroxyl groups is 1. The van der Waals surface area contributed by atoms with Crippen molar-refractivity contribution in [3.63, 3.8) is 0 Å². The quantitative estimate of drug-likeness (QED) is 0.419. The van der Waals surface area contributed by atoms with Gasteiger partial charge in [-0.05, 0) is 60.0 Å². The molecular weight excluding hydrogens is 502 g/mol. The molecule has 0 amide bonds. The molecule has 3 aromatic rings. The summed E-state index contributed by atoms with van der Waals surface area (Å²) in [6, 6.07) is 6.20. The van der Waals surface area contributed by atoms with Gasteiger partial charge in [-0.15, -0.1) is 0 Å². The molecule has 0 saturated carbocycles. The Morgan fingerprint density at radius 3 is 2.65 bits per heavy atom. The number of alkyl halides is 6. The number of halogens is 6. The fraction of sp³-hybridized carbons (Fsp3) is 0.320. The lowest BCUT2D eigenvalue weighted by Gasteiger charge is -2.42.